The highest BCUT2D eigenvalue weighted by molar-refractivity contribution is 5.98. The Bertz CT molecular complexity index is 1390. The van der Waals surface area contributed by atoms with Gasteiger partial charge in [-0.25, -0.2) is 19.3 Å². The molecule has 1 aliphatic heterocycles. The summed E-state index contributed by atoms with van der Waals surface area (Å²) in [5, 5.41) is 0. The van der Waals surface area contributed by atoms with E-state index >= 15 is 0 Å². The van der Waals surface area contributed by atoms with Crippen LogP contribution in [0.5, 0.6) is 0 Å². The van der Waals surface area contributed by atoms with E-state index in [4.69, 9.17) is 5.73 Å². The van der Waals surface area contributed by atoms with E-state index in [9.17, 15) is 13.6 Å². The molecule has 0 aliphatic carbocycles. The second kappa shape index (κ2) is 8.62. The van der Waals surface area contributed by atoms with Crippen LogP contribution >= 0.6 is 0 Å². The molecule has 0 bridgehead atoms. The molecule has 170 valence electrons. The van der Waals surface area contributed by atoms with Crippen LogP contribution in [0.15, 0.2) is 66.9 Å². The maximum Gasteiger partial charge on any atom is 0.258 e. The van der Waals surface area contributed by atoms with E-state index in [1.807, 2.05) is 30.3 Å². The summed E-state index contributed by atoms with van der Waals surface area (Å²) in [5.74, 6) is -1.40. The molecule has 0 saturated heterocycles. The number of carbonyl (C=O) groups is 1. The van der Waals surface area contributed by atoms with Crippen molar-refractivity contribution in [3.63, 3.8) is 0 Å². The van der Waals surface area contributed by atoms with Crippen molar-refractivity contribution in [1.82, 2.24) is 19.9 Å². The number of hydrogen-bond donors (Lipinski definition) is 1. The number of nitrogens with two attached hydrogens (primary N) is 1. The number of nitrogen functional groups attached to an aromatic ring is 1. The molecule has 2 aromatic heterocycles. The molecule has 1 atom stereocenters. The summed E-state index contributed by atoms with van der Waals surface area (Å²) in [6.45, 7) is 2.03. The van der Waals surface area contributed by atoms with Gasteiger partial charge in [0.25, 0.3) is 5.91 Å². The van der Waals surface area contributed by atoms with Crippen molar-refractivity contribution in [1.29, 1.82) is 0 Å². The lowest BCUT2D eigenvalue weighted by molar-refractivity contribution is 0.0625. The number of carbonyl (C=O) groups excluding carboxylic acids is 1. The highest BCUT2D eigenvalue weighted by Gasteiger charge is 2.37. The molecule has 8 heteroatoms. The highest BCUT2D eigenvalue weighted by Crippen LogP contribution is 2.39. The monoisotopic (exact) mass is 457 g/mol. The van der Waals surface area contributed by atoms with Crippen LogP contribution in [0, 0.1) is 18.7 Å². The molecule has 2 aromatic carbocycles. The lowest BCUT2D eigenvalue weighted by Gasteiger charge is -2.38. The van der Waals surface area contributed by atoms with Gasteiger partial charge < -0.3 is 10.6 Å². The van der Waals surface area contributed by atoms with E-state index in [0.717, 1.165) is 5.56 Å². The number of fused-ring (bicyclic) bond motifs is 1. The topological polar surface area (TPSA) is 85.0 Å². The van der Waals surface area contributed by atoms with Crippen LogP contribution in [-0.2, 0) is 13.0 Å². The van der Waals surface area contributed by atoms with Gasteiger partial charge in [-0.05, 0) is 47.9 Å². The van der Waals surface area contributed by atoms with Gasteiger partial charge in [-0.3, -0.25) is 4.79 Å². The third-order valence-electron chi connectivity index (χ3n) is 6.04. The van der Waals surface area contributed by atoms with Gasteiger partial charge in [-0.2, -0.15) is 4.39 Å². The molecule has 5 rings (SSSR count). The molecule has 0 radical (unpaired) electrons. The van der Waals surface area contributed by atoms with Gasteiger partial charge in [-0.15, -0.1) is 0 Å². The molecule has 0 saturated carbocycles. The summed E-state index contributed by atoms with van der Waals surface area (Å²) in [7, 11) is 0. The van der Waals surface area contributed by atoms with Gasteiger partial charge in [0.05, 0.1) is 23.0 Å². The summed E-state index contributed by atoms with van der Waals surface area (Å²) in [4.78, 5) is 27.7. The van der Waals surface area contributed by atoms with Crippen LogP contribution in [0.1, 0.15) is 38.9 Å². The van der Waals surface area contributed by atoms with Crippen LogP contribution in [0.4, 0.5) is 14.7 Å². The van der Waals surface area contributed by atoms with E-state index in [1.54, 1.807) is 30.0 Å². The second-order valence-corrected chi connectivity index (χ2v) is 8.20. The quantitative estimate of drug-likeness (QED) is 0.451. The summed E-state index contributed by atoms with van der Waals surface area (Å²) in [5.41, 5.74) is 9.33. The first-order valence-corrected chi connectivity index (χ1v) is 10.8. The summed E-state index contributed by atoms with van der Waals surface area (Å²) in [6, 6.07) is 16.3. The normalized spacial score (nSPS) is 15.3. The maximum absolute atomic E-state index is 14.7. The Morgan fingerprint density at radius 3 is 2.59 bits per heavy atom. The number of benzene rings is 2. The number of pyridine rings is 1. The Kier molecular flexibility index (Phi) is 5.49. The Labute approximate surface area is 195 Å². The minimum absolute atomic E-state index is 0.0805. The molecule has 0 spiro atoms. The largest absolute Gasteiger partial charge is 0.368 e. The Hall–Kier alpha value is -4.20. The minimum atomic E-state index is -0.714. The van der Waals surface area contributed by atoms with Crippen molar-refractivity contribution < 1.29 is 13.6 Å². The number of hydrogen-bond acceptors (Lipinski definition) is 5. The van der Waals surface area contributed by atoms with Gasteiger partial charge in [0, 0.05) is 24.7 Å². The molecule has 3 heterocycles. The van der Waals surface area contributed by atoms with Gasteiger partial charge in [0.2, 0.25) is 11.9 Å². The molecule has 1 aliphatic rings. The van der Waals surface area contributed by atoms with Crippen molar-refractivity contribution in [2.24, 2.45) is 0 Å². The van der Waals surface area contributed by atoms with E-state index in [1.165, 1.54) is 18.3 Å². The zero-order valence-corrected chi connectivity index (χ0v) is 18.4. The SMILES string of the molecule is Cc1nc(N)nc2c1C(=O)N(Cc1ccccc1)[C@@H](c1ccc(F)cc1-c1cccnc1F)C2. The highest BCUT2D eigenvalue weighted by atomic mass is 19.1. The fraction of sp³-hybridized carbons (Fsp3) is 0.154. The number of nitrogens with zero attached hydrogens (tertiary/aromatic N) is 4. The first-order chi connectivity index (χ1) is 16.4. The van der Waals surface area contributed by atoms with Crippen molar-refractivity contribution in [2.75, 3.05) is 5.73 Å². The van der Waals surface area contributed by atoms with Crippen LogP contribution < -0.4 is 5.73 Å². The van der Waals surface area contributed by atoms with E-state index in [-0.39, 0.29) is 17.4 Å². The fourth-order valence-corrected chi connectivity index (χ4v) is 4.54. The number of rotatable bonds is 4. The predicted molar refractivity (Wildman–Crippen MR) is 124 cm³/mol. The number of amides is 1. The van der Waals surface area contributed by atoms with Gasteiger partial charge >= 0.3 is 0 Å². The second-order valence-electron chi connectivity index (χ2n) is 8.20. The van der Waals surface area contributed by atoms with Crippen LogP contribution in [0.2, 0.25) is 0 Å². The summed E-state index contributed by atoms with van der Waals surface area (Å²) in [6.07, 6.45) is 1.66. The van der Waals surface area contributed by atoms with Crippen molar-refractivity contribution in [3.05, 3.63) is 107 Å². The zero-order valence-electron chi connectivity index (χ0n) is 18.4. The average Bonchev–Trinajstić information content (AvgIpc) is 2.81. The standard InChI is InChI=1S/C26H21F2N5O/c1-15-23-21(32-26(29)31-15)13-22(33(25(23)34)14-16-6-3-2-4-7-16)18-10-9-17(27)12-20(18)19-8-5-11-30-24(19)28/h2-12,22H,13-14H2,1H3,(H2,29,31,32)/t22-/m1/s1. The van der Waals surface area contributed by atoms with Crippen LogP contribution in [-0.4, -0.2) is 25.8 Å². The molecule has 2 N–H and O–H groups in total. The van der Waals surface area contributed by atoms with Crippen molar-refractivity contribution in [2.45, 2.75) is 25.9 Å². The lowest BCUT2D eigenvalue weighted by atomic mass is 9.87. The third-order valence-corrected chi connectivity index (χ3v) is 6.04. The van der Waals surface area contributed by atoms with E-state index < -0.39 is 17.8 Å². The fourth-order valence-electron chi connectivity index (χ4n) is 4.54. The van der Waals surface area contributed by atoms with Gasteiger partial charge in [-0.1, -0.05) is 36.4 Å². The number of aromatic nitrogens is 3. The Morgan fingerprint density at radius 2 is 1.82 bits per heavy atom. The smallest absolute Gasteiger partial charge is 0.258 e. The number of anilines is 1. The molecule has 0 unspecified atom stereocenters. The lowest BCUT2D eigenvalue weighted by Crippen LogP contribution is -2.41. The zero-order chi connectivity index (χ0) is 23.8. The molecule has 6 nitrogen and oxygen atoms in total. The summed E-state index contributed by atoms with van der Waals surface area (Å²) >= 11 is 0. The molecular weight excluding hydrogens is 436 g/mol. The first-order valence-electron chi connectivity index (χ1n) is 10.8. The van der Waals surface area contributed by atoms with Crippen molar-refractivity contribution in [3.8, 4) is 11.1 Å². The third kappa shape index (κ3) is 3.87. The summed E-state index contributed by atoms with van der Waals surface area (Å²) < 4.78 is 29.0. The Morgan fingerprint density at radius 1 is 1.03 bits per heavy atom. The number of halogens is 2. The molecule has 34 heavy (non-hydrogen) atoms. The molecule has 4 aromatic rings. The Balaban J connectivity index is 1.70. The maximum atomic E-state index is 14.7. The minimum Gasteiger partial charge on any atom is -0.368 e. The van der Waals surface area contributed by atoms with Crippen molar-refractivity contribution >= 4 is 11.9 Å². The number of aryl methyl sites for hydroxylation is 1. The van der Waals surface area contributed by atoms with E-state index in [0.29, 0.717) is 41.0 Å². The van der Waals surface area contributed by atoms with Gasteiger partial charge in [0.1, 0.15) is 5.82 Å². The molecular formula is C26H21F2N5O. The average molecular weight is 457 g/mol. The van der Waals surface area contributed by atoms with Gasteiger partial charge in [0.15, 0.2) is 0 Å². The van der Waals surface area contributed by atoms with Crippen LogP contribution in [0.25, 0.3) is 11.1 Å². The van der Waals surface area contributed by atoms with Crippen LogP contribution in [0.3, 0.4) is 0 Å². The molecule has 1 amide bonds. The molecule has 0 fully saturated rings. The van der Waals surface area contributed by atoms with E-state index in [2.05, 4.69) is 15.0 Å². The first kappa shape index (κ1) is 21.6. The predicted octanol–water partition coefficient (Wildman–Crippen LogP) is 4.65.